The van der Waals surface area contributed by atoms with Gasteiger partial charge in [-0.15, -0.1) is 0 Å². The van der Waals surface area contributed by atoms with Crippen molar-refractivity contribution in [2.45, 2.75) is 20.0 Å². The van der Waals surface area contributed by atoms with E-state index in [1.54, 1.807) is 0 Å². The lowest BCUT2D eigenvalue weighted by Crippen LogP contribution is -2.21. The number of rotatable bonds is 5. The fourth-order valence-corrected chi connectivity index (χ4v) is 2.30. The molecule has 0 radical (unpaired) electrons. The van der Waals surface area contributed by atoms with Crippen molar-refractivity contribution in [3.63, 3.8) is 0 Å². The first-order chi connectivity index (χ1) is 9.60. The van der Waals surface area contributed by atoms with E-state index in [1.807, 2.05) is 25.1 Å². The molecule has 1 N–H and O–H groups in total. The molecule has 0 aliphatic carbocycles. The first-order valence-electron chi connectivity index (χ1n) is 6.66. The minimum atomic E-state index is -0.303. The van der Waals surface area contributed by atoms with E-state index in [2.05, 4.69) is 35.4 Å². The maximum absolute atomic E-state index is 13.3. The van der Waals surface area contributed by atoms with Gasteiger partial charge in [-0.3, -0.25) is 0 Å². The Morgan fingerprint density at radius 2 is 2.10 bits per heavy atom. The summed E-state index contributed by atoms with van der Waals surface area (Å²) in [6.07, 6.45) is 1.27. The molecule has 1 heterocycles. The summed E-state index contributed by atoms with van der Waals surface area (Å²) in [5, 5.41) is 3.05. The first kappa shape index (κ1) is 14.5. The number of hydrogen-bond acceptors (Lipinski definition) is 3. The molecule has 0 amide bonds. The van der Waals surface area contributed by atoms with Crippen molar-refractivity contribution in [1.29, 1.82) is 0 Å². The zero-order valence-electron chi connectivity index (χ0n) is 12.2. The van der Waals surface area contributed by atoms with E-state index in [9.17, 15) is 4.39 Å². The van der Waals surface area contributed by atoms with E-state index in [0.717, 1.165) is 17.9 Å². The highest BCUT2D eigenvalue weighted by molar-refractivity contribution is 5.47. The monoisotopic (exact) mass is 273 g/mol. The van der Waals surface area contributed by atoms with E-state index < -0.39 is 0 Å². The number of benzene rings is 1. The Labute approximate surface area is 119 Å². The van der Waals surface area contributed by atoms with Gasteiger partial charge in [-0.25, -0.2) is 9.37 Å². The standard InChI is InChI=1S/C16H20FN3/c1-12-5-4-6-13(7-12)11-20(3)16-14(9-18-2)8-15(17)10-19-16/h4-8,10,18H,9,11H2,1-3H3. The van der Waals surface area contributed by atoms with Crippen LogP contribution in [0.25, 0.3) is 0 Å². The molecule has 20 heavy (non-hydrogen) atoms. The van der Waals surface area contributed by atoms with Gasteiger partial charge in [0, 0.05) is 25.7 Å². The minimum absolute atomic E-state index is 0.303. The second-order valence-electron chi connectivity index (χ2n) is 5.01. The largest absolute Gasteiger partial charge is 0.355 e. The Morgan fingerprint density at radius 3 is 2.80 bits per heavy atom. The van der Waals surface area contributed by atoms with E-state index >= 15 is 0 Å². The number of nitrogens with zero attached hydrogens (tertiary/aromatic N) is 2. The number of anilines is 1. The Balaban J connectivity index is 2.22. The molecule has 106 valence electrons. The van der Waals surface area contributed by atoms with Gasteiger partial charge in [0.1, 0.15) is 11.6 Å². The molecule has 0 aliphatic heterocycles. The first-order valence-corrected chi connectivity index (χ1v) is 6.66. The van der Waals surface area contributed by atoms with Crippen LogP contribution < -0.4 is 10.2 Å². The highest BCUT2D eigenvalue weighted by Crippen LogP contribution is 2.19. The summed E-state index contributed by atoms with van der Waals surface area (Å²) in [5.74, 6) is 0.505. The average Bonchev–Trinajstić information content (AvgIpc) is 2.39. The van der Waals surface area contributed by atoms with Crippen LogP contribution in [-0.4, -0.2) is 19.1 Å². The van der Waals surface area contributed by atoms with Gasteiger partial charge in [0.2, 0.25) is 0 Å². The molecule has 0 fully saturated rings. The summed E-state index contributed by atoms with van der Waals surface area (Å²) in [6.45, 7) is 3.42. The SMILES string of the molecule is CNCc1cc(F)cnc1N(C)Cc1cccc(C)c1. The van der Waals surface area contributed by atoms with Gasteiger partial charge < -0.3 is 10.2 Å². The molecule has 2 rings (SSSR count). The Bertz CT molecular complexity index is 584. The number of aryl methyl sites for hydroxylation is 1. The van der Waals surface area contributed by atoms with Crippen molar-refractivity contribution in [3.05, 3.63) is 59.0 Å². The second kappa shape index (κ2) is 6.48. The number of aromatic nitrogens is 1. The second-order valence-corrected chi connectivity index (χ2v) is 5.01. The fourth-order valence-electron chi connectivity index (χ4n) is 2.30. The molecule has 0 spiro atoms. The highest BCUT2D eigenvalue weighted by atomic mass is 19.1. The lowest BCUT2D eigenvalue weighted by molar-refractivity contribution is 0.615. The molecular weight excluding hydrogens is 253 g/mol. The van der Waals surface area contributed by atoms with Gasteiger partial charge in [-0.2, -0.15) is 0 Å². The van der Waals surface area contributed by atoms with E-state index in [-0.39, 0.29) is 5.82 Å². The quantitative estimate of drug-likeness (QED) is 0.908. The highest BCUT2D eigenvalue weighted by Gasteiger charge is 2.10. The van der Waals surface area contributed by atoms with Crippen molar-refractivity contribution < 1.29 is 4.39 Å². The molecule has 4 heteroatoms. The van der Waals surface area contributed by atoms with Gasteiger partial charge in [-0.1, -0.05) is 29.8 Å². The Morgan fingerprint density at radius 1 is 1.30 bits per heavy atom. The van der Waals surface area contributed by atoms with Crippen molar-refractivity contribution in [3.8, 4) is 0 Å². The van der Waals surface area contributed by atoms with Crippen LogP contribution in [0.2, 0.25) is 0 Å². The third kappa shape index (κ3) is 3.54. The summed E-state index contributed by atoms with van der Waals surface area (Å²) >= 11 is 0. The maximum Gasteiger partial charge on any atom is 0.141 e. The van der Waals surface area contributed by atoms with Crippen LogP contribution in [0.3, 0.4) is 0 Å². The molecule has 0 saturated carbocycles. The molecule has 0 aliphatic rings. The summed E-state index contributed by atoms with van der Waals surface area (Å²) in [4.78, 5) is 6.27. The minimum Gasteiger partial charge on any atom is -0.355 e. The van der Waals surface area contributed by atoms with Crippen molar-refractivity contribution in [2.24, 2.45) is 0 Å². The number of hydrogen-bond donors (Lipinski definition) is 1. The molecule has 0 bridgehead atoms. The number of halogens is 1. The molecule has 1 aromatic heterocycles. The molecule has 1 aromatic carbocycles. The summed E-state index contributed by atoms with van der Waals surface area (Å²) in [6, 6.07) is 9.89. The van der Waals surface area contributed by atoms with E-state index in [4.69, 9.17) is 0 Å². The topological polar surface area (TPSA) is 28.2 Å². The molecule has 0 saturated heterocycles. The smallest absolute Gasteiger partial charge is 0.141 e. The third-order valence-corrected chi connectivity index (χ3v) is 3.14. The maximum atomic E-state index is 13.3. The number of nitrogens with one attached hydrogen (secondary N) is 1. The van der Waals surface area contributed by atoms with Crippen LogP contribution >= 0.6 is 0 Å². The molecule has 2 aromatic rings. The van der Waals surface area contributed by atoms with Crippen LogP contribution in [0.4, 0.5) is 10.2 Å². The predicted octanol–water partition coefficient (Wildman–Crippen LogP) is 2.88. The summed E-state index contributed by atoms with van der Waals surface area (Å²) in [7, 11) is 3.82. The normalized spacial score (nSPS) is 10.6. The summed E-state index contributed by atoms with van der Waals surface area (Å²) in [5.41, 5.74) is 3.31. The molecular formula is C16H20FN3. The van der Waals surface area contributed by atoms with Crippen molar-refractivity contribution in [2.75, 3.05) is 19.0 Å². The van der Waals surface area contributed by atoms with Gasteiger partial charge in [-0.05, 0) is 25.6 Å². The zero-order valence-corrected chi connectivity index (χ0v) is 12.2. The third-order valence-electron chi connectivity index (χ3n) is 3.14. The average molecular weight is 273 g/mol. The lowest BCUT2D eigenvalue weighted by atomic mass is 10.1. The summed E-state index contributed by atoms with van der Waals surface area (Å²) < 4.78 is 13.3. The van der Waals surface area contributed by atoms with Gasteiger partial charge in [0.15, 0.2) is 0 Å². The van der Waals surface area contributed by atoms with Crippen LogP contribution in [0.15, 0.2) is 36.5 Å². The van der Waals surface area contributed by atoms with Gasteiger partial charge >= 0.3 is 0 Å². The predicted molar refractivity (Wildman–Crippen MR) is 80.2 cm³/mol. The zero-order chi connectivity index (χ0) is 14.5. The van der Waals surface area contributed by atoms with E-state index in [1.165, 1.54) is 23.4 Å². The number of pyridine rings is 1. The lowest BCUT2D eigenvalue weighted by Gasteiger charge is -2.21. The van der Waals surface area contributed by atoms with Crippen LogP contribution in [-0.2, 0) is 13.1 Å². The van der Waals surface area contributed by atoms with E-state index in [0.29, 0.717) is 6.54 Å². The molecule has 0 atom stereocenters. The van der Waals surface area contributed by atoms with Gasteiger partial charge in [0.25, 0.3) is 0 Å². The molecule has 3 nitrogen and oxygen atoms in total. The van der Waals surface area contributed by atoms with Crippen molar-refractivity contribution >= 4 is 5.82 Å². The van der Waals surface area contributed by atoms with Gasteiger partial charge in [0.05, 0.1) is 6.20 Å². The molecule has 0 unspecified atom stereocenters. The van der Waals surface area contributed by atoms with Crippen molar-refractivity contribution in [1.82, 2.24) is 10.3 Å². The van der Waals surface area contributed by atoms with Crippen LogP contribution in [0, 0.1) is 12.7 Å². The Kier molecular flexibility index (Phi) is 4.69. The fraction of sp³-hybridized carbons (Fsp3) is 0.312. The van der Waals surface area contributed by atoms with Crippen LogP contribution in [0.1, 0.15) is 16.7 Å². The van der Waals surface area contributed by atoms with Crippen LogP contribution in [0.5, 0.6) is 0 Å². The Hall–Kier alpha value is -1.94.